The summed E-state index contributed by atoms with van der Waals surface area (Å²) in [7, 11) is 1.39. The predicted octanol–water partition coefficient (Wildman–Crippen LogP) is 1.94. The number of likely N-dealkylation sites (N-methyl/N-ethyl adjacent to an activating group) is 1. The van der Waals surface area contributed by atoms with Crippen molar-refractivity contribution >= 4 is 0 Å². The minimum Gasteiger partial charge on any atom is -0.383 e. The molecule has 0 amide bonds. The molecule has 0 saturated carbocycles. The smallest absolute Gasteiger partial charge is 0.370 e. The van der Waals surface area contributed by atoms with Crippen molar-refractivity contribution in [2.45, 2.75) is 38.5 Å². The molecule has 1 saturated heterocycles. The Morgan fingerprint density at radius 3 is 2.41 bits per heavy atom. The fraction of sp³-hybridized carbons (Fsp3) is 1.00. The summed E-state index contributed by atoms with van der Waals surface area (Å²) in [5, 5.41) is 0. The third kappa shape index (κ3) is 2.44. The maximum Gasteiger partial charge on any atom is 0.370 e. The van der Waals surface area contributed by atoms with Gasteiger partial charge in [-0.1, -0.05) is 6.92 Å². The van der Waals surface area contributed by atoms with Gasteiger partial charge in [0.1, 0.15) is 6.67 Å². The number of alkyl halides is 3. The van der Waals surface area contributed by atoms with Gasteiger partial charge in [0.05, 0.1) is 12.1 Å². The van der Waals surface area contributed by atoms with Gasteiger partial charge in [0.25, 0.3) is 0 Å². The van der Waals surface area contributed by atoms with Gasteiger partial charge < -0.3 is 4.74 Å². The van der Waals surface area contributed by atoms with Gasteiger partial charge in [-0.05, 0) is 13.8 Å². The lowest BCUT2D eigenvalue weighted by atomic mass is 10.0. The highest BCUT2D eigenvalue weighted by atomic mass is 19.3. The molecular formula is C11H21F3N2O. The van der Waals surface area contributed by atoms with E-state index in [-0.39, 0.29) is 25.7 Å². The zero-order chi connectivity index (χ0) is 13.3. The molecule has 2 unspecified atom stereocenters. The molecular weight excluding hydrogens is 233 g/mol. The van der Waals surface area contributed by atoms with Gasteiger partial charge in [-0.3, -0.25) is 0 Å². The molecule has 0 aromatic carbocycles. The van der Waals surface area contributed by atoms with E-state index >= 15 is 0 Å². The Kier molecular flexibility index (Phi) is 4.43. The minimum atomic E-state index is -3.12. The Bertz CT molecular complexity index is 260. The second-order valence-electron chi connectivity index (χ2n) is 4.82. The number of nitrogens with zero attached hydrogens (tertiary/aromatic N) is 2. The van der Waals surface area contributed by atoms with Crippen molar-refractivity contribution < 1.29 is 17.9 Å². The molecule has 0 N–H and O–H groups in total. The topological polar surface area (TPSA) is 15.7 Å². The van der Waals surface area contributed by atoms with Crippen LogP contribution >= 0.6 is 0 Å². The average Bonchev–Trinajstić information content (AvgIpc) is 2.49. The molecule has 3 nitrogen and oxygen atoms in total. The van der Waals surface area contributed by atoms with Gasteiger partial charge in [0.15, 0.2) is 0 Å². The summed E-state index contributed by atoms with van der Waals surface area (Å²) in [5.41, 5.74) is -1.28. The molecule has 1 rings (SSSR count). The van der Waals surface area contributed by atoms with Gasteiger partial charge in [-0.15, -0.1) is 0 Å². The zero-order valence-corrected chi connectivity index (χ0v) is 10.8. The van der Waals surface area contributed by atoms with Crippen LogP contribution in [0, 0.1) is 0 Å². The lowest BCUT2D eigenvalue weighted by Gasteiger charge is -2.40. The molecule has 2 atom stereocenters. The van der Waals surface area contributed by atoms with Crippen LogP contribution in [0.3, 0.4) is 0 Å². The summed E-state index contributed by atoms with van der Waals surface area (Å²) >= 11 is 0. The lowest BCUT2D eigenvalue weighted by molar-refractivity contribution is -0.247. The van der Waals surface area contributed by atoms with Crippen molar-refractivity contribution in [3.8, 4) is 0 Å². The molecule has 6 heteroatoms. The van der Waals surface area contributed by atoms with Crippen molar-refractivity contribution in [2.24, 2.45) is 0 Å². The summed E-state index contributed by atoms with van der Waals surface area (Å²) in [5.74, 6) is 0. The first kappa shape index (κ1) is 14.7. The Labute approximate surface area is 101 Å². The van der Waals surface area contributed by atoms with Crippen LogP contribution in [0.25, 0.3) is 0 Å². The summed E-state index contributed by atoms with van der Waals surface area (Å²) in [4.78, 5) is 1.99. The number of methoxy groups -OCH3 is 1. The molecule has 102 valence electrons. The highest BCUT2D eigenvalue weighted by molar-refractivity contribution is 4.97. The quantitative estimate of drug-likeness (QED) is 0.697. The molecule has 0 bridgehead atoms. The molecule has 0 radical (unpaired) electrons. The van der Waals surface area contributed by atoms with Gasteiger partial charge in [-0.2, -0.15) is 8.78 Å². The monoisotopic (exact) mass is 254 g/mol. The highest BCUT2D eigenvalue weighted by Gasteiger charge is 2.57. The maximum absolute atomic E-state index is 14.2. The number of hydrogen-bond donors (Lipinski definition) is 0. The Hall–Kier alpha value is -0.330. The first-order valence-corrected chi connectivity index (χ1v) is 5.80. The van der Waals surface area contributed by atoms with Gasteiger partial charge >= 0.3 is 6.17 Å². The Morgan fingerprint density at radius 2 is 2.06 bits per heavy atom. The van der Waals surface area contributed by atoms with E-state index in [1.54, 1.807) is 13.8 Å². The van der Waals surface area contributed by atoms with E-state index < -0.39 is 18.4 Å². The Morgan fingerprint density at radius 1 is 1.47 bits per heavy atom. The van der Waals surface area contributed by atoms with Crippen LogP contribution in [0.2, 0.25) is 0 Å². The molecule has 0 aromatic rings. The van der Waals surface area contributed by atoms with Crippen molar-refractivity contribution in [1.29, 1.82) is 0 Å². The number of ether oxygens (including phenoxy) is 1. The van der Waals surface area contributed by atoms with Crippen LogP contribution in [-0.4, -0.2) is 61.0 Å². The van der Waals surface area contributed by atoms with Crippen molar-refractivity contribution in [3.05, 3.63) is 0 Å². The lowest BCUT2D eigenvalue weighted by Crippen LogP contribution is -2.59. The van der Waals surface area contributed by atoms with E-state index in [2.05, 4.69) is 0 Å². The van der Waals surface area contributed by atoms with Crippen LogP contribution in [0.1, 0.15) is 20.8 Å². The SMILES string of the molecule is CCN1C(C)CN(C(C)(CF)COC)C1(F)F. The molecule has 1 aliphatic rings. The maximum atomic E-state index is 14.2. The minimum absolute atomic E-state index is 0.0522. The largest absolute Gasteiger partial charge is 0.383 e. The molecule has 0 spiro atoms. The molecule has 17 heavy (non-hydrogen) atoms. The van der Waals surface area contributed by atoms with Gasteiger partial charge in [0, 0.05) is 26.2 Å². The molecule has 1 aliphatic heterocycles. The average molecular weight is 254 g/mol. The second-order valence-corrected chi connectivity index (χ2v) is 4.82. The number of hydrogen-bond acceptors (Lipinski definition) is 3. The Balaban J connectivity index is 2.98. The van der Waals surface area contributed by atoms with E-state index in [0.717, 1.165) is 9.80 Å². The molecule has 0 aromatic heterocycles. The van der Waals surface area contributed by atoms with Crippen molar-refractivity contribution in [1.82, 2.24) is 9.80 Å². The van der Waals surface area contributed by atoms with Crippen LogP contribution in [0.15, 0.2) is 0 Å². The molecule has 1 fully saturated rings. The summed E-state index contributed by atoms with van der Waals surface area (Å²) in [6.45, 7) is 4.34. The normalized spacial score (nSPS) is 29.5. The molecule has 1 heterocycles. The summed E-state index contributed by atoms with van der Waals surface area (Å²) < 4.78 is 46.3. The predicted molar refractivity (Wildman–Crippen MR) is 59.8 cm³/mol. The van der Waals surface area contributed by atoms with Crippen LogP contribution in [-0.2, 0) is 4.74 Å². The first-order valence-electron chi connectivity index (χ1n) is 5.80. The van der Waals surface area contributed by atoms with Crippen molar-refractivity contribution in [3.63, 3.8) is 0 Å². The van der Waals surface area contributed by atoms with Crippen LogP contribution in [0.4, 0.5) is 13.2 Å². The fourth-order valence-corrected chi connectivity index (χ4v) is 2.44. The standard InChI is InChI=1S/C11H21F3N2O/c1-5-15-9(2)6-16(11(15,13)14)10(3,7-12)8-17-4/h9H,5-8H2,1-4H3. The van der Waals surface area contributed by atoms with Crippen LogP contribution < -0.4 is 0 Å². The number of rotatable bonds is 5. The van der Waals surface area contributed by atoms with Gasteiger partial charge in [-0.25, -0.2) is 14.2 Å². The second kappa shape index (κ2) is 5.12. The van der Waals surface area contributed by atoms with E-state index in [9.17, 15) is 13.2 Å². The molecule has 0 aliphatic carbocycles. The summed E-state index contributed by atoms with van der Waals surface area (Å²) in [6.07, 6.45) is -3.12. The number of halogens is 3. The van der Waals surface area contributed by atoms with E-state index in [1.807, 2.05) is 0 Å². The van der Waals surface area contributed by atoms with Crippen molar-refractivity contribution in [2.75, 3.05) is 33.5 Å². The highest BCUT2D eigenvalue weighted by Crippen LogP contribution is 2.39. The van der Waals surface area contributed by atoms with E-state index in [4.69, 9.17) is 4.74 Å². The van der Waals surface area contributed by atoms with Crippen LogP contribution in [0.5, 0.6) is 0 Å². The fourth-order valence-electron chi connectivity index (χ4n) is 2.44. The van der Waals surface area contributed by atoms with Gasteiger partial charge in [0.2, 0.25) is 0 Å². The van der Waals surface area contributed by atoms with E-state index in [1.165, 1.54) is 14.0 Å². The zero-order valence-electron chi connectivity index (χ0n) is 10.8. The first-order chi connectivity index (χ1) is 7.83. The van der Waals surface area contributed by atoms with E-state index in [0.29, 0.717) is 0 Å². The third-order valence-corrected chi connectivity index (χ3v) is 3.38. The third-order valence-electron chi connectivity index (χ3n) is 3.38. The summed E-state index contributed by atoms with van der Waals surface area (Å²) in [6, 6.07) is -0.294.